The minimum absolute atomic E-state index is 0.219. The Morgan fingerprint density at radius 2 is 1.59 bits per heavy atom. The fourth-order valence-electron chi connectivity index (χ4n) is 3.33. The van der Waals surface area contributed by atoms with Gasteiger partial charge in [0.05, 0.1) is 35.6 Å². The van der Waals surface area contributed by atoms with E-state index in [1.165, 1.54) is 37.5 Å². The Balaban J connectivity index is 1.52. The molecule has 0 bridgehead atoms. The van der Waals surface area contributed by atoms with Gasteiger partial charge in [-0.05, 0) is 60.2 Å². The van der Waals surface area contributed by atoms with E-state index >= 15 is 0 Å². The molecule has 3 aromatic rings. The first-order valence-corrected chi connectivity index (χ1v) is 9.57. The largest absolute Gasteiger partial charge is 0.493 e. The Hall–Kier alpha value is -4.70. The summed E-state index contributed by atoms with van der Waals surface area (Å²) in [7, 11) is 1.45. The van der Waals surface area contributed by atoms with Crippen molar-refractivity contribution in [2.75, 3.05) is 12.0 Å². The monoisotopic (exact) mass is 424 g/mol. The third kappa shape index (κ3) is 3.73. The molecule has 4 rings (SSSR count). The Bertz CT molecular complexity index is 1270. The number of anilines is 1. The second kappa shape index (κ2) is 8.58. The fraction of sp³-hybridized carbons (Fsp3) is 0.0400. The van der Waals surface area contributed by atoms with Crippen molar-refractivity contribution in [1.82, 2.24) is 0 Å². The fourth-order valence-corrected chi connectivity index (χ4v) is 3.33. The zero-order chi connectivity index (χ0) is 22.7. The number of imide groups is 1. The standard InChI is InChI=1S/C25H16N2O5/c1-31-22-15-16(5-4-14-26)8-13-21(22)32-25(30)17-9-11-18(12-10-17)27-23(28)19-6-2-3-7-20(19)24(27)29/h2-13,15H,1H3/b5-4-. The Kier molecular flexibility index (Phi) is 5.51. The second-order valence-electron chi connectivity index (χ2n) is 6.80. The summed E-state index contributed by atoms with van der Waals surface area (Å²) in [6.45, 7) is 0. The number of allylic oxidation sites excluding steroid dienone is 1. The zero-order valence-electron chi connectivity index (χ0n) is 16.9. The summed E-state index contributed by atoms with van der Waals surface area (Å²) in [4.78, 5) is 38.9. The van der Waals surface area contributed by atoms with Crippen LogP contribution >= 0.6 is 0 Å². The van der Waals surface area contributed by atoms with Crippen LogP contribution in [0.4, 0.5) is 5.69 Å². The first-order valence-electron chi connectivity index (χ1n) is 9.57. The molecule has 3 aromatic carbocycles. The maximum absolute atomic E-state index is 12.6. The molecule has 0 unspecified atom stereocenters. The van der Waals surface area contributed by atoms with Crippen molar-refractivity contribution in [3.8, 4) is 17.6 Å². The number of esters is 1. The first-order chi connectivity index (χ1) is 15.5. The molecule has 2 amide bonds. The van der Waals surface area contributed by atoms with Crippen LogP contribution < -0.4 is 14.4 Å². The number of hydrogen-bond acceptors (Lipinski definition) is 6. The lowest BCUT2D eigenvalue weighted by Gasteiger charge is -2.14. The lowest BCUT2D eigenvalue weighted by molar-refractivity contribution is 0.0729. The third-order valence-corrected chi connectivity index (χ3v) is 4.90. The molecule has 1 aliphatic heterocycles. The SMILES string of the molecule is COc1cc(/C=C\C#N)ccc1OC(=O)c1ccc(N2C(=O)c3ccccc3C2=O)cc1. The number of nitriles is 1. The number of carbonyl (C=O) groups is 3. The van der Waals surface area contributed by atoms with Gasteiger partial charge in [-0.2, -0.15) is 5.26 Å². The Morgan fingerprint density at radius 3 is 2.19 bits per heavy atom. The van der Waals surface area contributed by atoms with Gasteiger partial charge in [-0.1, -0.05) is 18.2 Å². The van der Waals surface area contributed by atoms with Gasteiger partial charge < -0.3 is 9.47 Å². The molecule has 0 atom stereocenters. The molecule has 0 spiro atoms. The second-order valence-corrected chi connectivity index (χ2v) is 6.80. The minimum Gasteiger partial charge on any atom is -0.493 e. The summed E-state index contributed by atoms with van der Waals surface area (Å²) in [5.41, 5.74) is 2.01. The predicted octanol–water partition coefficient (Wildman–Crippen LogP) is 4.25. The number of hydrogen-bond donors (Lipinski definition) is 0. The summed E-state index contributed by atoms with van der Waals surface area (Å²) < 4.78 is 10.7. The number of rotatable bonds is 5. The van der Waals surface area contributed by atoms with E-state index in [2.05, 4.69) is 0 Å². The number of nitrogens with zero attached hydrogens (tertiary/aromatic N) is 2. The van der Waals surface area contributed by atoms with Crippen LogP contribution in [0.25, 0.3) is 6.08 Å². The van der Waals surface area contributed by atoms with Crippen LogP contribution in [0.2, 0.25) is 0 Å². The first kappa shape index (κ1) is 20.6. The summed E-state index contributed by atoms with van der Waals surface area (Å²) >= 11 is 0. The molecule has 1 aliphatic rings. The molecule has 0 saturated carbocycles. The van der Waals surface area contributed by atoms with Crippen molar-refractivity contribution in [2.45, 2.75) is 0 Å². The van der Waals surface area contributed by atoms with Crippen molar-refractivity contribution in [1.29, 1.82) is 5.26 Å². The van der Waals surface area contributed by atoms with Gasteiger partial charge in [0.1, 0.15) is 0 Å². The summed E-state index contributed by atoms with van der Waals surface area (Å²) in [5.74, 6) is -0.887. The summed E-state index contributed by atoms with van der Waals surface area (Å²) in [6.07, 6.45) is 2.93. The molecule has 0 radical (unpaired) electrons. The minimum atomic E-state index is -0.627. The molecular formula is C25H16N2O5. The molecule has 0 saturated heterocycles. The number of methoxy groups -OCH3 is 1. The van der Waals surface area contributed by atoms with Crippen LogP contribution in [0.3, 0.4) is 0 Å². The van der Waals surface area contributed by atoms with Gasteiger partial charge in [0.25, 0.3) is 11.8 Å². The Labute approximate surface area is 183 Å². The highest BCUT2D eigenvalue weighted by Gasteiger charge is 2.36. The van der Waals surface area contributed by atoms with Gasteiger partial charge in [0, 0.05) is 6.08 Å². The molecule has 1 heterocycles. The molecule has 0 N–H and O–H groups in total. The molecule has 0 aliphatic carbocycles. The number of ether oxygens (including phenoxy) is 2. The predicted molar refractivity (Wildman–Crippen MR) is 117 cm³/mol. The van der Waals surface area contributed by atoms with Gasteiger partial charge in [-0.3, -0.25) is 9.59 Å². The quantitative estimate of drug-likeness (QED) is 0.263. The molecular weight excluding hydrogens is 408 g/mol. The summed E-state index contributed by atoms with van der Waals surface area (Å²) in [5, 5.41) is 8.64. The van der Waals surface area contributed by atoms with Crippen LogP contribution in [0.1, 0.15) is 36.6 Å². The molecule has 0 aromatic heterocycles. The highest BCUT2D eigenvalue weighted by Crippen LogP contribution is 2.31. The van der Waals surface area contributed by atoms with Crippen LogP contribution in [0.15, 0.2) is 72.8 Å². The van der Waals surface area contributed by atoms with Crippen LogP contribution in [-0.2, 0) is 0 Å². The van der Waals surface area contributed by atoms with Gasteiger partial charge in [-0.25, -0.2) is 9.69 Å². The molecule has 0 fully saturated rings. The molecule has 32 heavy (non-hydrogen) atoms. The molecule has 156 valence electrons. The summed E-state index contributed by atoms with van der Waals surface area (Å²) in [6, 6.07) is 19.4. The maximum atomic E-state index is 12.6. The lowest BCUT2D eigenvalue weighted by atomic mass is 10.1. The van der Waals surface area contributed by atoms with E-state index in [0.717, 1.165) is 4.90 Å². The normalized spacial score (nSPS) is 12.6. The van der Waals surface area contributed by atoms with Crippen molar-refractivity contribution in [2.24, 2.45) is 0 Å². The number of fused-ring (bicyclic) bond motifs is 1. The highest BCUT2D eigenvalue weighted by molar-refractivity contribution is 6.34. The molecule has 7 heteroatoms. The van der Waals surface area contributed by atoms with Crippen LogP contribution in [-0.4, -0.2) is 24.9 Å². The average molecular weight is 424 g/mol. The van der Waals surface area contributed by atoms with E-state index < -0.39 is 17.8 Å². The number of amides is 2. The van der Waals surface area contributed by atoms with Crippen LogP contribution in [0, 0.1) is 11.3 Å². The Morgan fingerprint density at radius 1 is 0.938 bits per heavy atom. The van der Waals surface area contributed by atoms with Crippen molar-refractivity contribution in [3.05, 3.63) is 95.1 Å². The smallest absolute Gasteiger partial charge is 0.343 e. The van der Waals surface area contributed by atoms with E-state index in [1.54, 1.807) is 48.5 Å². The van der Waals surface area contributed by atoms with E-state index in [0.29, 0.717) is 28.1 Å². The van der Waals surface area contributed by atoms with Gasteiger partial charge in [-0.15, -0.1) is 0 Å². The maximum Gasteiger partial charge on any atom is 0.343 e. The molecule has 7 nitrogen and oxygen atoms in total. The topological polar surface area (TPSA) is 96.7 Å². The number of benzene rings is 3. The number of carbonyl (C=O) groups excluding carboxylic acids is 3. The van der Waals surface area contributed by atoms with Gasteiger partial charge in [0.15, 0.2) is 11.5 Å². The van der Waals surface area contributed by atoms with Gasteiger partial charge in [0.2, 0.25) is 0 Å². The van der Waals surface area contributed by atoms with E-state index in [-0.39, 0.29) is 11.3 Å². The van der Waals surface area contributed by atoms with E-state index in [4.69, 9.17) is 14.7 Å². The van der Waals surface area contributed by atoms with Crippen LogP contribution in [0.5, 0.6) is 11.5 Å². The van der Waals surface area contributed by atoms with E-state index in [9.17, 15) is 14.4 Å². The van der Waals surface area contributed by atoms with Crippen molar-refractivity contribution >= 4 is 29.5 Å². The zero-order valence-corrected chi connectivity index (χ0v) is 16.9. The lowest BCUT2D eigenvalue weighted by Crippen LogP contribution is -2.29. The van der Waals surface area contributed by atoms with Gasteiger partial charge >= 0.3 is 5.97 Å². The van der Waals surface area contributed by atoms with Crippen molar-refractivity contribution in [3.63, 3.8) is 0 Å². The third-order valence-electron chi connectivity index (χ3n) is 4.90. The van der Waals surface area contributed by atoms with E-state index in [1.807, 2.05) is 6.07 Å². The van der Waals surface area contributed by atoms with Crippen molar-refractivity contribution < 1.29 is 23.9 Å². The highest BCUT2D eigenvalue weighted by atomic mass is 16.6. The average Bonchev–Trinajstić information content (AvgIpc) is 3.08.